The van der Waals surface area contributed by atoms with E-state index in [1.807, 2.05) is 0 Å². The number of hydrogen-bond donors (Lipinski definition) is 2. The van der Waals surface area contributed by atoms with Gasteiger partial charge in [0.25, 0.3) is 5.91 Å². The monoisotopic (exact) mass is 498 g/mol. The van der Waals surface area contributed by atoms with Crippen molar-refractivity contribution < 1.29 is 33.0 Å². The van der Waals surface area contributed by atoms with Gasteiger partial charge in [-0.15, -0.1) is 0 Å². The third-order valence-corrected chi connectivity index (χ3v) is 5.95. The van der Waals surface area contributed by atoms with Gasteiger partial charge in [-0.3, -0.25) is 4.79 Å². The molecule has 0 radical (unpaired) electrons. The SMILES string of the molecule is COc1ccnc(C(=O)N[C@@H](C)C(=O)O[C@@H](C)C(c2cc(F)ccc2C)c2cc(F)ccc2C)c1O. The molecule has 9 heteroatoms. The predicted octanol–water partition coefficient (Wildman–Crippen LogP) is 4.57. The molecule has 0 saturated carbocycles. The van der Waals surface area contributed by atoms with Crippen molar-refractivity contribution in [2.24, 2.45) is 0 Å². The summed E-state index contributed by atoms with van der Waals surface area (Å²) in [6.07, 6.45) is 0.437. The highest BCUT2D eigenvalue weighted by Gasteiger charge is 2.30. The van der Waals surface area contributed by atoms with E-state index in [4.69, 9.17) is 9.47 Å². The fraction of sp³-hybridized carbons (Fsp3) is 0.296. The lowest BCUT2D eigenvalue weighted by Crippen LogP contribution is -2.41. The van der Waals surface area contributed by atoms with Crippen LogP contribution < -0.4 is 10.1 Å². The Balaban J connectivity index is 1.86. The second-order valence-electron chi connectivity index (χ2n) is 8.53. The van der Waals surface area contributed by atoms with Gasteiger partial charge in [-0.2, -0.15) is 0 Å². The smallest absolute Gasteiger partial charge is 0.328 e. The van der Waals surface area contributed by atoms with E-state index in [1.54, 1.807) is 32.9 Å². The largest absolute Gasteiger partial charge is 0.503 e. The Bertz CT molecular complexity index is 1230. The summed E-state index contributed by atoms with van der Waals surface area (Å²) >= 11 is 0. The number of pyridine rings is 1. The van der Waals surface area contributed by atoms with Crippen LogP contribution >= 0.6 is 0 Å². The fourth-order valence-corrected chi connectivity index (χ4v) is 4.01. The number of hydrogen-bond acceptors (Lipinski definition) is 6. The molecule has 1 heterocycles. The van der Waals surface area contributed by atoms with E-state index in [-0.39, 0.29) is 11.4 Å². The molecule has 0 aliphatic heterocycles. The lowest BCUT2D eigenvalue weighted by molar-refractivity contribution is -0.150. The van der Waals surface area contributed by atoms with Crippen molar-refractivity contribution in [2.75, 3.05) is 7.11 Å². The van der Waals surface area contributed by atoms with Crippen LogP contribution in [0.3, 0.4) is 0 Å². The molecule has 2 atom stereocenters. The van der Waals surface area contributed by atoms with Crippen LogP contribution in [0.5, 0.6) is 11.5 Å². The number of benzene rings is 2. The molecule has 2 N–H and O–H groups in total. The second-order valence-corrected chi connectivity index (χ2v) is 8.53. The van der Waals surface area contributed by atoms with Crippen molar-refractivity contribution >= 4 is 11.9 Å². The topological polar surface area (TPSA) is 97.8 Å². The predicted molar refractivity (Wildman–Crippen MR) is 129 cm³/mol. The van der Waals surface area contributed by atoms with E-state index < -0.39 is 47.3 Å². The standard InChI is InChI=1S/C27H28F2N2O5/c1-14-6-8-18(28)12-20(14)23(21-13-19(29)9-7-15(21)2)17(4)36-27(34)16(3)31-26(33)24-25(32)22(35-5)10-11-30-24/h6-13,16-17,23,32H,1-5H3,(H,31,33)/t16-,17-/m0/s1. The Kier molecular flexibility index (Phi) is 8.24. The fourth-order valence-electron chi connectivity index (χ4n) is 4.01. The minimum absolute atomic E-state index is 0.0535. The molecule has 0 aliphatic rings. The van der Waals surface area contributed by atoms with Gasteiger partial charge in [-0.1, -0.05) is 12.1 Å². The lowest BCUT2D eigenvalue weighted by atomic mass is 9.82. The van der Waals surface area contributed by atoms with Crippen molar-refractivity contribution in [2.45, 2.75) is 45.8 Å². The van der Waals surface area contributed by atoms with E-state index >= 15 is 0 Å². The molecule has 36 heavy (non-hydrogen) atoms. The van der Waals surface area contributed by atoms with Crippen LogP contribution in [0.4, 0.5) is 8.78 Å². The van der Waals surface area contributed by atoms with Crippen LogP contribution in [-0.4, -0.2) is 41.2 Å². The molecule has 190 valence electrons. The van der Waals surface area contributed by atoms with Gasteiger partial charge >= 0.3 is 5.97 Å². The number of nitrogens with one attached hydrogen (secondary N) is 1. The number of carbonyl (C=O) groups excluding carboxylic acids is 2. The second kappa shape index (κ2) is 11.2. The Hall–Kier alpha value is -4.01. The lowest BCUT2D eigenvalue weighted by Gasteiger charge is -2.29. The average molecular weight is 499 g/mol. The number of nitrogens with zero attached hydrogens (tertiary/aromatic N) is 1. The summed E-state index contributed by atoms with van der Waals surface area (Å²) in [5, 5.41) is 12.6. The summed E-state index contributed by atoms with van der Waals surface area (Å²) in [6, 6.07) is 8.82. The van der Waals surface area contributed by atoms with Crippen molar-refractivity contribution in [1.82, 2.24) is 10.3 Å². The number of carbonyl (C=O) groups is 2. The Labute approximate surface area is 208 Å². The van der Waals surface area contributed by atoms with Crippen LogP contribution in [0, 0.1) is 25.5 Å². The summed E-state index contributed by atoms with van der Waals surface area (Å²) < 4.78 is 39.0. The van der Waals surface area contributed by atoms with Gasteiger partial charge in [-0.25, -0.2) is 18.6 Å². The maximum absolute atomic E-state index is 14.2. The molecule has 7 nitrogen and oxygen atoms in total. The van der Waals surface area contributed by atoms with Crippen LogP contribution in [0.25, 0.3) is 0 Å². The zero-order valence-corrected chi connectivity index (χ0v) is 20.6. The molecule has 0 unspecified atom stereocenters. The first kappa shape index (κ1) is 26.6. The number of ether oxygens (including phenoxy) is 2. The van der Waals surface area contributed by atoms with Gasteiger partial charge in [0.15, 0.2) is 17.2 Å². The van der Waals surface area contributed by atoms with E-state index in [0.29, 0.717) is 11.1 Å². The number of esters is 1. The third-order valence-electron chi connectivity index (χ3n) is 5.95. The quantitative estimate of drug-likeness (QED) is 0.442. The first-order chi connectivity index (χ1) is 17.0. The average Bonchev–Trinajstić information content (AvgIpc) is 2.83. The highest BCUT2D eigenvalue weighted by molar-refractivity contribution is 5.97. The van der Waals surface area contributed by atoms with Gasteiger partial charge in [0.1, 0.15) is 23.8 Å². The zero-order chi connectivity index (χ0) is 26.6. The summed E-state index contributed by atoms with van der Waals surface area (Å²) in [5.41, 5.74) is 2.27. The first-order valence-corrected chi connectivity index (χ1v) is 11.3. The molecule has 0 spiro atoms. The minimum atomic E-state index is -1.12. The number of halogens is 2. The number of methoxy groups -OCH3 is 1. The Morgan fingerprint density at radius 3 is 2.06 bits per heavy atom. The van der Waals surface area contributed by atoms with Crippen molar-refractivity contribution in [3.63, 3.8) is 0 Å². The number of aryl methyl sites for hydroxylation is 2. The van der Waals surface area contributed by atoms with E-state index in [1.165, 1.54) is 50.6 Å². The van der Waals surface area contributed by atoms with Crippen molar-refractivity contribution in [3.8, 4) is 11.5 Å². The summed E-state index contributed by atoms with van der Waals surface area (Å²) in [7, 11) is 1.33. The minimum Gasteiger partial charge on any atom is -0.503 e. The molecular formula is C27H28F2N2O5. The molecule has 0 fully saturated rings. The summed E-state index contributed by atoms with van der Waals surface area (Å²) in [5.74, 6) is -3.60. The van der Waals surface area contributed by atoms with E-state index in [0.717, 1.165) is 11.1 Å². The maximum Gasteiger partial charge on any atom is 0.328 e. The van der Waals surface area contributed by atoms with Gasteiger partial charge in [0.2, 0.25) is 0 Å². The van der Waals surface area contributed by atoms with Crippen LogP contribution in [-0.2, 0) is 9.53 Å². The summed E-state index contributed by atoms with van der Waals surface area (Å²) in [6.45, 7) is 6.63. The molecule has 0 saturated heterocycles. The highest BCUT2D eigenvalue weighted by Crippen LogP contribution is 2.35. The number of aromatic nitrogens is 1. The Morgan fingerprint density at radius 2 is 1.53 bits per heavy atom. The number of rotatable bonds is 8. The zero-order valence-electron chi connectivity index (χ0n) is 20.6. The van der Waals surface area contributed by atoms with Crippen LogP contribution in [0.15, 0.2) is 48.7 Å². The van der Waals surface area contributed by atoms with Gasteiger partial charge in [0.05, 0.1) is 7.11 Å². The summed E-state index contributed by atoms with van der Waals surface area (Å²) in [4.78, 5) is 29.3. The first-order valence-electron chi connectivity index (χ1n) is 11.3. The molecular weight excluding hydrogens is 470 g/mol. The molecule has 1 aromatic heterocycles. The van der Waals surface area contributed by atoms with Crippen LogP contribution in [0.2, 0.25) is 0 Å². The third kappa shape index (κ3) is 5.79. The van der Waals surface area contributed by atoms with Gasteiger partial charge in [0, 0.05) is 18.2 Å². The van der Waals surface area contributed by atoms with Gasteiger partial charge < -0.3 is 19.9 Å². The van der Waals surface area contributed by atoms with Crippen molar-refractivity contribution in [3.05, 3.63) is 88.2 Å². The molecule has 3 rings (SSSR count). The molecule has 3 aromatic rings. The number of amides is 1. The van der Waals surface area contributed by atoms with Crippen LogP contribution in [0.1, 0.15) is 52.5 Å². The molecule has 0 aliphatic carbocycles. The van der Waals surface area contributed by atoms with Crippen molar-refractivity contribution in [1.29, 1.82) is 0 Å². The molecule has 0 bridgehead atoms. The highest BCUT2D eigenvalue weighted by atomic mass is 19.1. The van der Waals surface area contributed by atoms with Gasteiger partial charge in [-0.05, 0) is 74.2 Å². The Morgan fingerprint density at radius 1 is 0.972 bits per heavy atom. The van der Waals surface area contributed by atoms with E-state index in [2.05, 4.69) is 10.3 Å². The number of aromatic hydroxyl groups is 1. The normalized spacial score (nSPS) is 12.7. The molecule has 1 amide bonds. The molecule has 2 aromatic carbocycles. The van der Waals surface area contributed by atoms with E-state index in [9.17, 15) is 23.5 Å². The maximum atomic E-state index is 14.2.